The van der Waals surface area contributed by atoms with Gasteiger partial charge in [0.2, 0.25) is 0 Å². The molecule has 0 saturated carbocycles. The second-order valence-electron chi connectivity index (χ2n) is 3.74. The Morgan fingerprint density at radius 1 is 1.47 bits per heavy atom. The maximum absolute atomic E-state index is 11.1. The first-order valence-electron chi connectivity index (χ1n) is 5.32. The molecule has 0 rings (SSSR count). The van der Waals surface area contributed by atoms with E-state index in [1.807, 2.05) is 6.92 Å². The Morgan fingerprint density at radius 2 is 2.06 bits per heavy atom. The molecule has 0 aliphatic rings. The van der Waals surface area contributed by atoms with Crippen LogP contribution in [0.2, 0.25) is 0 Å². The monoisotopic (exact) mass is 266 g/mol. The molecule has 0 fully saturated rings. The van der Waals surface area contributed by atoms with Crippen LogP contribution in [0.15, 0.2) is 12.2 Å². The van der Waals surface area contributed by atoms with Crippen LogP contribution in [-0.4, -0.2) is 28.5 Å². The molecule has 1 unspecified atom stereocenters. The number of ether oxygens (including phenoxy) is 1. The normalized spacial score (nSPS) is 13.2. The van der Waals surface area contributed by atoms with E-state index in [-0.39, 0.29) is 12.2 Å². The number of phosphoric ester groups is 1. The first-order valence-corrected chi connectivity index (χ1v) is 6.86. The fourth-order valence-corrected chi connectivity index (χ4v) is 1.64. The van der Waals surface area contributed by atoms with Gasteiger partial charge in [0.15, 0.2) is 0 Å². The van der Waals surface area contributed by atoms with Crippen LogP contribution < -0.4 is 0 Å². The summed E-state index contributed by atoms with van der Waals surface area (Å²) in [6.45, 7) is 6.65. The van der Waals surface area contributed by atoms with Crippen molar-refractivity contribution in [2.24, 2.45) is 0 Å². The minimum Gasteiger partial charge on any atom is -0.460 e. The van der Waals surface area contributed by atoms with E-state index in [9.17, 15) is 9.36 Å². The van der Waals surface area contributed by atoms with Crippen molar-refractivity contribution >= 4 is 13.8 Å². The van der Waals surface area contributed by atoms with Crippen molar-refractivity contribution in [1.29, 1.82) is 0 Å². The molecule has 0 aromatic carbocycles. The quantitative estimate of drug-likeness (QED) is 0.395. The van der Waals surface area contributed by atoms with Gasteiger partial charge in [-0.15, -0.1) is 0 Å². The van der Waals surface area contributed by atoms with Gasteiger partial charge in [-0.1, -0.05) is 26.3 Å². The topological polar surface area (TPSA) is 93.1 Å². The Morgan fingerprint density at radius 3 is 2.47 bits per heavy atom. The number of hydrogen-bond acceptors (Lipinski definition) is 4. The van der Waals surface area contributed by atoms with Crippen LogP contribution in [-0.2, 0) is 18.6 Å². The Labute approximate surface area is 101 Å². The minimum absolute atomic E-state index is 0.184. The van der Waals surface area contributed by atoms with E-state index in [1.165, 1.54) is 6.92 Å². The van der Waals surface area contributed by atoms with Crippen molar-refractivity contribution in [1.82, 2.24) is 0 Å². The summed E-state index contributed by atoms with van der Waals surface area (Å²) < 4.78 is 20.0. The number of carbonyl (C=O) groups excluding carboxylic acids is 1. The highest BCUT2D eigenvalue weighted by atomic mass is 31.2. The van der Waals surface area contributed by atoms with Gasteiger partial charge in [0.05, 0.1) is 0 Å². The zero-order chi connectivity index (χ0) is 13.5. The Bertz CT molecular complexity index is 308. The van der Waals surface area contributed by atoms with Gasteiger partial charge >= 0.3 is 13.8 Å². The lowest BCUT2D eigenvalue weighted by Gasteiger charge is -2.17. The second kappa shape index (κ2) is 7.61. The van der Waals surface area contributed by atoms with Crippen LogP contribution in [0.3, 0.4) is 0 Å². The summed E-state index contributed by atoms with van der Waals surface area (Å²) in [4.78, 5) is 28.5. The summed E-state index contributed by atoms with van der Waals surface area (Å²) in [5, 5.41) is 0. The lowest BCUT2D eigenvalue weighted by molar-refractivity contribution is -0.141. The van der Waals surface area contributed by atoms with Crippen molar-refractivity contribution < 1.29 is 28.4 Å². The zero-order valence-corrected chi connectivity index (χ0v) is 11.0. The van der Waals surface area contributed by atoms with Gasteiger partial charge in [-0.2, -0.15) is 0 Å². The van der Waals surface area contributed by atoms with Crippen molar-refractivity contribution in [3.8, 4) is 0 Å². The third-order valence-corrected chi connectivity index (χ3v) is 2.49. The molecule has 7 heteroatoms. The van der Waals surface area contributed by atoms with Crippen LogP contribution in [0.1, 0.15) is 33.1 Å². The molecule has 100 valence electrons. The SMILES string of the molecule is C=C(C)C(=O)OCC(CCCC)OP(=O)(O)O. The Hall–Kier alpha value is -0.680. The number of unbranched alkanes of at least 4 members (excludes halogenated alkanes) is 1. The molecule has 0 aromatic heterocycles. The highest BCUT2D eigenvalue weighted by Gasteiger charge is 2.23. The Kier molecular flexibility index (Phi) is 7.30. The van der Waals surface area contributed by atoms with Gasteiger partial charge in [0.1, 0.15) is 12.7 Å². The van der Waals surface area contributed by atoms with Gasteiger partial charge in [-0.05, 0) is 13.3 Å². The molecule has 0 bridgehead atoms. The van der Waals surface area contributed by atoms with E-state index < -0.39 is 19.9 Å². The predicted octanol–water partition coefficient (Wildman–Crippen LogP) is 1.77. The molecule has 0 saturated heterocycles. The molecule has 0 amide bonds. The number of phosphoric acid groups is 1. The number of rotatable bonds is 8. The summed E-state index contributed by atoms with van der Waals surface area (Å²) in [5.74, 6) is -0.596. The van der Waals surface area contributed by atoms with E-state index in [2.05, 4.69) is 11.1 Å². The second-order valence-corrected chi connectivity index (χ2v) is 4.93. The van der Waals surface area contributed by atoms with E-state index >= 15 is 0 Å². The van der Waals surface area contributed by atoms with Crippen molar-refractivity contribution in [3.05, 3.63) is 12.2 Å². The van der Waals surface area contributed by atoms with Crippen molar-refractivity contribution in [2.45, 2.75) is 39.2 Å². The van der Waals surface area contributed by atoms with Crippen LogP contribution in [0, 0.1) is 0 Å². The zero-order valence-electron chi connectivity index (χ0n) is 10.1. The summed E-state index contributed by atoms with van der Waals surface area (Å²) in [6, 6.07) is 0. The molecule has 0 aromatic rings. The number of hydrogen-bond donors (Lipinski definition) is 2. The maximum atomic E-state index is 11.1. The molecule has 6 nitrogen and oxygen atoms in total. The van der Waals surface area contributed by atoms with Crippen molar-refractivity contribution in [2.75, 3.05) is 6.61 Å². The summed E-state index contributed by atoms with van der Waals surface area (Å²) in [7, 11) is -4.56. The van der Waals surface area contributed by atoms with E-state index in [4.69, 9.17) is 14.5 Å². The van der Waals surface area contributed by atoms with E-state index in [0.717, 1.165) is 12.8 Å². The Balaban J connectivity index is 4.24. The highest BCUT2D eigenvalue weighted by Crippen LogP contribution is 2.38. The molecule has 0 aliphatic heterocycles. The summed E-state index contributed by atoms with van der Waals surface area (Å²) >= 11 is 0. The first kappa shape index (κ1) is 16.3. The third-order valence-electron chi connectivity index (χ3n) is 1.91. The van der Waals surface area contributed by atoms with Gasteiger partial charge < -0.3 is 14.5 Å². The molecule has 0 heterocycles. The third kappa shape index (κ3) is 9.06. The smallest absolute Gasteiger partial charge is 0.460 e. The molecule has 0 radical (unpaired) electrons. The van der Waals surface area contributed by atoms with E-state index in [1.54, 1.807) is 0 Å². The van der Waals surface area contributed by atoms with Crippen LogP contribution in [0.4, 0.5) is 0 Å². The molecular formula is C10H19O6P. The van der Waals surface area contributed by atoms with Gasteiger partial charge in [0, 0.05) is 5.57 Å². The first-order chi connectivity index (χ1) is 7.76. The fraction of sp³-hybridized carbons (Fsp3) is 0.700. The van der Waals surface area contributed by atoms with Crippen LogP contribution in [0.5, 0.6) is 0 Å². The molecular weight excluding hydrogens is 247 g/mol. The van der Waals surface area contributed by atoms with Gasteiger partial charge in [-0.3, -0.25) is 4.52 Å². The van der Waals surface area contributed by atoms with Gasteiger partial charge in [0.25, 0.3) is 0 Å². The summed E-state index contributed by atoms with van der Waals surface area (Å²) in [5.41, 5.74) is 0.232. The average Bonchev–Trinajstić information content (AvgIpc) is 2.19. The molecule has 1 atom stereocenters. The average molecular weight is 266 g/mol. The maximum Gasteiger partial charge on any atom is 0.469 e. The standard InChI is InChI=1S/C10H19O6P/c1-4-5-6-9(16-17(12,13)14)7-15-10(11)8(2)3/h9H,2,4-7H2,1,3H3,(H2,12,13,14). The fourth-order valence-electron chi connectivity index (χ4n) is 1.08. The number of esters is 1. The largest absolute Gasteiger partial charge is 0.469 e. The highest BCUT2D eigenvalue weighted by molar-refractivity contribution is 7.46. The van der Waals surface area contributed by atoms with Gasteiger partial charge in [-0.25, -0.2) is 9.36 Å². The van der Waals surface area contributed by atoms with E-state index in [0.29, 0.717) is 6.42 Å². The number of carbonyl (C=O) groups is 1. The summed E-state index contributed by atoms with van der Waals surface area (Å²) in [6.07, 6.45) is 1.22. The van der Waals surface area contributed by atoms with Crippen molar-refractivity contribution in [3.63, 3.8) is 0 Å². The molecule has 2 N–H and O–H groups in total. The minimum atomic E-state index is -4.56. The lowest BCUT2D eigenvalue weighted by Crippen LogP contribution is -2.21. The van der Waals surface area contributed by atoms with Crippen LogP contribution in [0.25, 0.3) is 0 Å². The molecule has 17 heavy (non-hydrogen) atoms. The predicted molar refractivity (Wildman–Crippen MR) is 62.2 cm³/mol. The molecule has 0 spiro atoms. The molecule has 0 aliphatic carbocycles. The van der Waals surface area contributed by atoms with Crippen LogP contribution >= 0.6 is 7.82 Å². The lowest BCUT2D eigenvalue weighted by atomic mass is 10.2.